The topological polar surface area (TPSA) is 45.2 Å². The van der Waals surface area contributed by atoms with Crippen LogP contribution in [0.3, 0.4) is 0 Å². The molecule has 4 nitrogen and oxygen atoms in total. The number of piperidine rings is 3. The number of hydrogen-bond acceptors (Lipinski definition) is 5. The number of fused-ring (bicyclic) bond motifs is 3. The van der Waals surface area contributed by atoms with E-state index in [4.69, 9.17) is 0 Å². The summed E-state index contributed by atoms with van der Waals surface area (Å²) in [6.45, 7) is 4.60. The minimum Gasteiger partial charge on any atom is -0.345 e. The molecule has 6 heteroatoms. The monoisotopic (exact) mass is 297 g/mol. The van der Waals surface area contributed by atoms with Crippen LogP contribution < -0.4 is 5.32 Å². The molecular formula is C13H19N3OS2. The molecule has 1 amide bonds. The average molecular weight is 297 g/mol. The van der Waals surface area contributed by atoms with E-state index in [0.29, 0.717) is 17.0 Å². The number of nitrogens with zero attached hydrogens (tertiary/aromatic N) is 2. The van der Waals surface area contributed by atoms with E-state index in [0.717, 1.165) is 4.21 Å². The highest BCUT2D eigenvalue weighted by Gasteiger charge is 2.40. The maximum atomic E-state index is 12.3. The number of rotatable bonds is 3. The normalized spacial score (nSPS) is 33.4. The highest BCUT2D eigenvalue weighted by Crippen LogP contribution is 2.32. The third kappa shape index (κ3) is 2.53. The van der Waals surface area contributed by atoms with Crippen LogP contribution in [0.25, 0.3) is 0 Å². The lowest BCUT2D eigenvalue weighted by atomic mass is 9.79. The van der Waals surface area contributed by atoms with Gasteiger partial charge >= 0.3 is 0 Å². The Labute approximate surface area is 122 Å². The van der Waals surface area contributed by atoms with Crippen molar-refractivity contribution in [2.75, 3.05) is 19.3 Å². The molecule has 1 N–H and O–H groups in total. The fourth-order valence-corrected chi connectivity index (χ4v) is 4.50. The zero-order valence-electron chi connectivity index (χ0n) is 11.3. The fraction of sp³-hybridized carbons (Fsp3) is 0.692. The van der Waals surface area contributed by atoms with Crippen LogP contribution in [0.1, 0.15) is 29.6 Å². The van der Waals surface area contributed by atoms with Crippen LogP contribution in [-0.4, -0.2) is 47.2 Å². The lowest BCUT2D eigenvalue weighted by Gasteiger charge is -2.49. The summed E-state index contributed by atoms with van der Waals surface area (Å²) >= 11 is 3.11. The van der Waals surface area contributed by atoms with Crippen molar-refractivity contribution in [2.45, 2.75) is 36.1 Å². The molecule has 2 bridgehead atoms. The van der Waals surface area contributed by atoms with Gasteiger partial charge in [-0.3, -0.25) is 9.69 Å². The summed E-state index contributed by atoms with van der Waals surface area (Å²) < 4.78 is 1.09. The van der Waals surface area contributed by atoms with Gasteiger partial charge in [0.2, 0.25) is 0 Å². The van der Waals surface area contributed by atoms with E-state index >= 15 is 0 Å². The molecule has 3 saturated heterocycles. The first kappa shape index (κ1) is 13.4. The van der Waals surface area contributed by atoms with Crippen LogP contribution in [-0.2, 0) is 0 Å². The Kier molecular flexibility index (Phi) is 3.82. The summed E-state index contributed by atoms with van der Waals surface area (Å²) in [5.41, 5.74) is 0. The Hall–Kier alpha value is -0.590. The van der Waals surface area contributed by atoms with Crippen LogP contribution in [0.15, 0.2) is 10.4 Å². The van der Waals surface area contributed by atoms with Crippen molar-refractivity contribution in [2.24, 2.45) is 5.92 Å². The van der Waals surface area contributed by atoms with E-state index in [1.165, 1.54) is 37.3 Å². The second kappa shape index (κ2) is 5.42. The van der Waals surface area contributed by atoms with Gasteiger partial charge in [0, 0.05) is 12.1 Å². The van der Waals surface area contributed by atoms with Crippen molar-refractivity contribution in [1.29, 1.82) is 0 Å². The van der Waals surface area contributed by atoms with E-state index in [9.17, 15) is 4.79 Å². The molecule has 3 aliphatic heterocycles. The number of aromatic nitrogens is 1. The molecule has 0 radical (unpaired) electrons. The van der Waals surface area contributed by atoms with Crippen LogP contribution in [0.2, 0.25) is 0 Å². The first-order chi connectivity index (χ1) is 9.19. The third-order valence-corrected chi connectivity index (χ3v) is 6.40. The molecule has 0 saturated carbocycles. The number of thiazole rings is 1. The van der Waals surface area contributed by atoms with E-state index < -0.39 is 0 Å². The number of hydrogen-bond donors (Lipinski definition) is 1. The van der Waals surface area contributed by atoms with E-state index in [1.807, 2.05) is 6.26 Å². The number of amides is 1. The van der Waals surface area contributed by atoms with Crippen LogP contribution in [0.5, 0.6) is 0 Å². The minimum absolute atomic E-state index is 0.00380. The second-order valence-corrected chi connectivity index (χ2v) is 7.44. The number of nitrogens with one attached hydrogen (secondary N) is 1. The van der Waals surface area contributed by atoms with Crippen molar-refractivity contribution in [1.82, 2.24) is 15.2 Å². The molecule has 4 rings (SSSR count). The van der Waals surface area contributed by atoms with Gasteiger partial charge in [-0.15, -0.1) is 23.1 Å². The molecule has 0 aromatic carbocycles. The first-order valence-electron chi connectivity index (χ1n) is 6.74. The van der Waals surface area contributed by atoms with Crippen molar-refractivity contribution in [3.05, 3.63) is 11.2 Å². The third-order valence-electron chi connectivity index (χ3n) is 4.36. The van der Waals surface area contributed by atoms with Gasteiger partial charge < -0.3 is 5.32 Å². The summed E-state index contributed by atoms with van der Waals surface area (Å²) in [7, 11) is 0. The van der Waals surface area contributed by atoms with Crippen molar-refractivity contribution < 1.29 is 4.79 Å². The smallest absolute Gasteiger partial charge is 0.280 e. The second-order valence-electron chi connectivity index (χ2n) is 5.30. The summed E-state index contributed by atoms with van der Waals surface area (Å²) in [5.74, 6) is 0.639. The van der Waals surface area contributed by atoms with Gasteiger partial charge in [-0.25, -0.2) is 4.98 Å². The molecule has 3 aliphatic rings. The Balaban J connectivity index is 1.69. The SMILES string of the molecule is CSc1cnc(C(=O)NC2C3CCN(CC3)C2C)s1. The van der Waals surface area contributed by atoms with Gasteiger partial charge in [-0.2, -0.15) is 0 Å². The summed E-state index contributed by atoms with van der Waals surface area (Å²) in [5, 5.41) is 3.80. The lowest BCUT2D eigenvalue weighted by molar-refractivity contribution is 0.0217. The molecule has 104 valence electrons. The Morgan fingerprint density at radius 2 is 2.26 bits per heavy atom. The van der Waals surface area contributed by atoms with E-state index in [1.54, 1.807) is 18.0 Å². The van der Waals surface area contributed by atoms with Crippen molar-refractivity contribution in [3.8, 4) is 0 Å². The maximum absolute atomic E-state index is 12.3. The molecule has 0 spiro atoms. The summed E-state index contributed by atoms with van der Waals surface area (Å²) in [4.78, 5) is 19.0. The summed E-state index contributed by atoms with van der Waals surface area (Å²) in [6, 6.07) is 0.744. The average Bonchev–Trinajstić information content (AvgIpc) is 2.92. The lowest BCUT2D eigenvalue weighted by Crippen LogP contribution is -2.62. The highest BCUT2D eigenvalue weighted by molar-refractivity contribution is 8.00. The molecule has 19 heavy (non-hydrogen) atoms. The maximum Gasteiger partial charge on any atom is 0.280 e. The molecule has 3 fully saturated rings. The minimum atomic E-state index is -0.00380. The Morgan fingerprint density at radius 3 is 2.84 bits per heavy atom. The molecule has 1 aromatic rings. The van der Waals surface area contributed by atoms with Crippen LogP contribution >= 0.6 is 23.1 Å². The molecular weight excluding hydrogens is 278 g/mol. The van der Waals surface area contributed by atoms with E-state index in [2.05, 4.69) is 22.1 Å². The van der Waals surface area contributed by atoms with E-state index in [-0.39, 0.29) is 11.9 Å². The Bertz CT molecular complexity index is 466. The zero-order chi connectivity index (χ0) is 13.4. The molecule has 1 aromatic heterocycles. The Morgan fingerprint density at radius 1 is 1.53 bits per heavy atom. The predicted octanol–water partition coefficient (Wildman–Crippen LogP) is 2.08. The largest absolute Gasteiger partial charge is 0.345 e. The van der Waals surface area contributed by atoms with Crippen molar-refractivity contribution >= 4 is 29.0 Å². The van der Waals surface area contributed by atoms with Gasteiger partial charge in [-0.1, -0.05) is 0 Å². The molecule has 0 aliphatic carbocycles. The van der Waals surface area contributed by atoms with Crippen molar-refractivity contribution in [3.63, 3.8) is 0 Å². The number of carbonyl (C=O) groups is 1. The standard InChI is InChI=1S/C13H19N3OS2/c1-8-11(9-3-5-16(8)6-4-9)15-12(17)13-14-7-10(18-2)19-13/h7-9,11H,3-6H2,1-2H3,(H,15,17). The van der Waals surface area contributed by atoms with Gasteiger partial charge in [0.25, 0.3) is 5.91 Å². The number of thioether (sulfide) groups is 1. The number of carbonyl (C=O) groups excluding carboxylic acids is 1. The van der Waals surface area contributed by atoms with Gasteiger partial charge in [0.15, 0.2) is 5.01 Å². The molecule has 2 unspecified atom stereocenters. The van der Waals surface area contributed by atoms with Crippen LogP contribution in [0, 0.1) is 5.92 Å². The quantitative estimate of drug-likeness (QED) is 0.868. The van der Waals surface area contributed by atoms with Gasteiger partial charge in [-0.05, 0) is 45.0 Å². The molecule has 4 heterocycles. The highest BCUT2D eigenvalue weighted by atomic mass is 32.2. The van der Waals surface area contributed by atoms with Gasteiger partial charge in [0.1, 0.15) is 0 Å². The molecule has 2 atom stereocenters. The summed E-state index contributed by atoms with van der Waals surface area (Å²) in [6.07, 6.45) is 6.21. The fourth-order valence-electron chi connectivity index (χ4n) is 3.22. The van der Waals surface area contributed by atoms with Crippen LogP contribution in [0.4, 0.5) is 0 Å². The zero-order valence-corrected chi connectivity index (χ0v) is 12.9. The first-order valence-corrected chi connectivity index (χ1v) is 8.78. The van der Waals surface area contributed by atoms with Gasteiger partial charge in [0.05, 0.1) is 10.4 Å². The predicted molar refractivity (Wildman–Crippen MR) is 78.9 cm³/mol.